The van der Waals surface area contributed by atoms with Crippen molar-refractivity contribution in [2.24, 2.45) is 5.92 Å². The Hall–Kier alpha value is -0.980. The van der Waals surface area contributed by atoms with E-state index in [4.69, 9.17) is 0 Å². The largest absolute Gasteiger partial charge is 0.392 e. The summed E-state index contributed by atoms with van der Waals surface area (Å²) in [5.74, 6) is -0.0499. The number of aliphatic hydroxyl groups is 1. The quantitative estimate of drug-likeness (QED) is 0.848. The van der Waals surface area contributed by atoms with Gasteiger partial charge in [-0.1, -0.05) is 38.2 Å². The van der Waals surface area contributed by atoms with Crippen LogP contribution in [0.1, 0.15) is 44.1 Å². The average molecular weight is 315 g/mol. The normalized spacial score (nSPS) is 17.0. The minimum Gasteiger partial charge on any atom is -0.392 e. The fourth-order valence-corrected chi connectivity index (χ4v) is 4.15. The van der Waals surface area contributed by atoms with Crippen molar-refractivity contribution >= 4 is 10.0 Å². The second-order valence-electron chi connectivity index (χ2n) is 5.60. The van der Waals surface area contributed by atoms with Gasteiger partial charge in [0, 0.05) is 6.54 Å². The molecule has 0 radical (unpaired) electrons. The SMILES string of the molecule is O=S(=O)(NCCC1CCCCC1)c1cc(F)ccc1CO. The van der Waals surface area contributed by atoms with Gasteiger partial charge >= 0.3 is 0 Å². The maximum absolute atomic E-state index is 13.3. The van der Waals surface area contributed by atoms with E-state index < -0.39 is 22.4 Å². The zero-order valence-electron chi connectivity index (χ0n) is 12.0. The molecule has 0 heterocycles. The lowest BCUT2D eigenvalue weighted by Crippen LogP contribution is -2.27. The van der Waals surface area contributed by atoms with Gasteiger partial charge in [-0.3, -0.25) is 0 Å². The van der Waals surface area contributed by atoms with Gasteiger partial charge in [-0.15, -0.1) is 0 Å². The Morgan fingerprint density at radius 1 is 1.24 bits per heavy atom. The van der Waals surface area contributed by atoms with Gasteiger partial charge in [0.25, 0.3) is 0 Å². The third-order valence-corrected chi connectivity index (χ3v) is 5.60. The van der Waals surface area contributed by atoms with Crippen LogP contribution in [0.4, 0.5) is 4.39 Å². The maximum atomic E-state index is 13.3. The van der Waals surface area contributed by atoms with E-state index in [9.17, 15) is 17.9 Å². The molecule has 1 aliphatic rings. The molecule has 118 valence electrons. The molecule has 0 unspecified atom stereocenters. The minimum atomic E-state index is -3.78. The summed E-state index contributed by atoms with van der Waals surface area (Å²) in [6.45, 7) is -0.0759. The van der Waals surface area contributed by atoms with Gasteiger partial charge < -0.3 is 5.11 Å². The zero-order chi connectivity index (χ0) is 15.3. The highest BCUT2D eigenvalue weighted by molar-refractivity contribution is 7.89. The van der Waals surface area contributed by atoms with Crippen molar-refractivity contribution < 1.29 is 17.9 Å². The molecule has 0 amide bonds. The Balaban J connectivity index is 1.99. The molecule has 1 aromatic rings. The van der Waals surface area contributed by atoms with E-state index in [1.807, 2.05) is 0 Å². The van der Waals surface area contributed by atoms with Crippen LogP contribution in [-0.4, -0.2) is 20.1 Å². The second kappa shape index (κ2) is 7.33. The van der Waals surface area contributed by atoms with Crippen molar-refractivity contribution in [3.05, 3.63) is 29.6 Å². The Morgan fingerprint density at radius 2 is 1.95 bits per heavy atom. The van der Waals surface area contributed by atoms with E-state index in [0.717, 1.165) is 31.4 Å². The molecule has 1 saturated carbocycles. The van der Waals surface area contributed by atoms with Crippen molar-refractivity contribution in [3.8, 4) is 0 Å². The van der Waals surface area contributed by atoms with Crippen LogP contribution < -0.4 is 4.72 Å². The predicted molar refractivity (Wildman–Crippen MR) is 78.7 cm³/mol. The highest BCUT2D eigenvalue weighted by atomic mass is 32.2. The number of sulfonamides is 1. The highest BCUT2D eigenvalue weighted by Crippen LogP contribution is 2.26. The summed E-state index contributed by atoms with van der Waals surface area (Å²) in [7, 11) is -3.78. The van der Waals surface area contributed by atoms with Crippen molar-refractivity contribution in [2.75, 3.05) is 6.54 Å². The third kappa shape index (κ3) is 4.49. The first-order valence-corrected chi connectivity index (χ1v) is 8.90. The number of hydrogen-bond acceptors (Lipinski definition) is 3. The van der Waals surface area contributed by atoms with E-state index in [0.29, 0.717) is 12.5 Å². The van der Waals surface area contributed by atoms with Crippen LogP contribution in [0.5, 0.6) is 0 Å². The number of aliphatic hydroxyl groups excluding tert-OH is 1. The van der Waals surface area contributed by atoms with Gasteiger partial charge in [-0.2, -0.15) is 0 Å². The molecule has 0 bridgehead atoms. The lowest BCUT2D eigenvalue weighted by atomic mass is 9.87. The molecule has 0 atom stereocenters. The average Bonchev–Trinajstić information content (AvgIpc) is 2.48. The lowest BCUT2D eigenvalue weighted by molar-refractivity contribution is 0.278. The topological polar surface area (TPSA) is 66.4 Å². The smallest absolute Gasteiger partial charge is 0.241 e. The number of halogens is 1. The molecule has 0 saturated heterocycles. The van der Waals surface area contributed by atoms with E-state index in [1.165, 1.54) is 25.3 Å². The molecule has 6 heteroatoms. The Bertz CT molecular complexity index is 568. The summed E-state index contributed by atoms with van der Waals surface area (Å²) >= 11 is 0. The summed E-state index contributed by atoms with van der Waals surface area (Å²) in [4.78, 5) is -0.173. The van der Waals surface area contributed by atoms with Crippen molar-refractivity contribution in [2.45, 2.75) is 50.0 Å². The maximum Gasteiger partial charge on any atom is 0.241 e. The fourth-order valence-electron chi connectivity index (χ4n) is 2.86. The highest BCUT2D eigenvalue weighted by Gasteiger charge is 2.20. The van der Waals surface area contributed by atoms with Gasteiger partial charge in [0.1, 0.15) is 5.82 Å². The van der Waals surface area contributed by atoms with Crippen molar-refractivity contribution in [1.82, 2.24) is 4.72 Å². The summed E-state index contributed by atoms with van der Waals surface area (Å²) in [6.07, 6.45) is 6.83. The van der Waals surface area contributed by atoms with Crippen molar-refractivity contribution in [1.29, 1.82) is 0 Å². The summed E-state index contributed by atoms with van der Waals surface area (Å²) < 4.78 is 40.2. The number of benzene rings is 1. The molecule has 21 heavy (non-hydrogen) atoms. The number of nitrogens with one attached hydrogen (secondary N) is 1. The van der Waals surface area contributed by atoms with Gasteiger partial charge in [0.05, 0.1) is 11.5 Å². The van der Waals surface area contributed by atoms with Crippen LogP contribution in [0.2, 0.25) is 0 Å². The van der Waals surface area contributed by atoms with Crippen LogP contribution >= 0.6 is 0 Å². The lowest BCUT2D eigenvalue weighted by Gasteiger charge is -2.21. The van der Waals surface area contributed by atoms with Gasteiger partial charge in [-0.05, 0) is 30.0 Å². The molecule has 0 aromatic heterocycles. The monoisotopic (exact) mass is 315 g/mol. The van der Waals surface area contributed by atoms with E-state index in [2.05, 4.69) is 4.72 Å². The zero-order valence-corrected chi connectivity index (χ0v) is 12.8. The molecule has 1 fully saturated rings. The fraction of sp³-hybridized carbons (Fsp3) is 0.600. The van der Waals surface area contributed by atoms with E-state index in [-0.39, 0.29) is 10.5 Å². The molecule has 2 rings (SSSR count). The van der Waals surface area contributed by atoms with E-state index >= 15 is 0 Å². The Labute approximate surface area is 125 Å². The first-order chi connectivity index (χ1) is 10.0. The molecule has 2 N–H and O–H groups in total. The molecule has 0 spiro atoms. The standard InChI is InChI=1S/C15H22FNO3S/c16-14-7-6-13(11-18)15(10-14)21(19,20)17-9-8-12-4-2-1-3-5-12/h6-7,10,12,17-18H,1-5,8-9,11H2. The second-order valence-corrected chi connectivity index (χ2v) is 7.34. The predicted octanol–water partition coefficient (Wildman–Crippen LogP) is 2.57. The molecule has 1 aliphatic carbocycles. The summed E-state index contributed by atoms with van der Waals surface area (Å²) in [5, 5.41) is 9.19. The van der Waals surface area contributed by atoms with Crippen LogP contribution in [-0.2, 0) is 16.6 Å². The van der Waals surface area contributed by atoms with E-state index in [1.54, 1.807) is 0 Å². The van der Waals surface area contributed by atoms with Crippen LogP contribution in [0.25, 0.3) is 0 Å². The first kappa shape index (κ1) is 16.4. The molecular weight excluding hydrogens is 293 g/mol. The molecule has 1 aromatic carbocycles. The van der Waals surface area contributed by atoms with Crippen LogP contribution in [0, 0.1) is 11.7 Å². The Morgan fingerprint density at radius 3 is 2.62 bits per heavy atom. The third-order valence-electron chi connectivity index (χ3n) is 4.06. The summed E-state index contributed by atoms with van der Waals surface area (Å²) in [6, 6.07) is 3.39. The van der Waals surface area contributed by atoms with Crippen LogP contribution in [0.15, 0.2) is 23.1 Å². The van der Waals surface area contributed by atoms with Crippen molar-refractivity contribution in [3.63, 3.8) is 0 Å². The number of hydrogen-bond donors (Lipinski definition) is 2. The van der Waals surface area contributed by atoms with Gasteiger partial charge in [0.2, 0.25) is 10.0 Å². The summed E-state index contributed by atoms with van der Waals surface area (Å²) in [5.41, 5.74) is 0.210. The van der Waals surface area contributed by atoms with Gasteiger partial charge in [0.15, 0.2) is 0 Å². The molecular formula is C15H22FNO3S. The first-order valence-electron chi connectivity index (χ1n) is 7.42. The molecule has 4 nitrogen and oxygen atoms in total. The Kier molecular flexibility index (Phi) is 5.72. The van der Waals surface area contributed by atoms with Gasteiger partial charge in [-0.25, -0.2) is 17.5 Å². The molecule has 0 aliphatic heterocycles. The minimum absolute atomic E-state index is 0.173. The number of rotatable bonds is 6. The van der Waals surface area contributed by atoms with Crippen LogP contribution in [0.3, 0.4) is 0 Å².